The average molecular weight is 185 g/mol. The van der Waals surface area contributed by atoms with Gasteiger partial charge in [0.1, 0.15) is 0 Å². The maximum atomic E-state index is 4.65. The fourth-order valence-electron chi connectivity index (χ4n) is 1.56. The van der Waals surface area contributed by atoms with E-state index >= 15 is 0 Å². The highest BCUT2D eigenvalue weighted by Gasteiger charge is 1.99. The van der Waals surface area contributed by atoms with Gasteiger partial charge in [0, 0.05) is 5.69 Å². The van der Waals surface area contributed by atoms with Crippen molar-refractivity contribution in [3.05, 3.63) is 40.5 Å². The molecule has 0 unspecified atom stereocenters. The van der Waals surface area contributed by atoms with E-state index in [-0.39, 0.29) is 0 Å². The lowest BCUT2D eigenvalue weighted by atomic mass is 10.1. The van der Waals surface area contributed by atoms with Gasteiger partial charge in [-0.25, -0.2) is 0 Å². The summed E-state index contributed by atoms with van der Waals surface area (Å²) < 4.78 is 0. The second-order valence-electron chi connectivity index (χ2n) is 3.90. The number of hydrogen-bond donors (Lipinski definition) is 0. The van der Waals surface area contributed by atoms with Crippen molar-refractivity contribution in [2.45, 2.75) is 26.2 Å². The molecule has 0 amide bonds. The Morgan fingerprint density at radius 2 is 2.14 bits per heavy atom. The molecule has 0 aromatic carbocycles. The van der Waals surface area contributed by atoms with E-state index in [4.69, 9.17) is 0 Å². The van der Waals surface area contributed by atoms with E-state index in [1.807, 2.05) is 0 Å². The first kappa shape index (κ1) is 9.20. The van der Waals surface area contributed by atoms with Crippen LogP contribution in [0, 0.1) is 0 Å². The number of rotatable bonds is 1. The third-order valence-electron chi connectivity index (χ3n) is 2.43. The van der Waals surface area contributed by atoms with Gasteiger partial charge in [-0.1, -0.05) is 44.2 Å². The predicted octanol–water partition coefficient (Wildman–Crippen LogP) is 1.73. The van der Waals surface area contributed by atoms with Crippen LogP contribution in [0.1, 0.15) is 31.9 Å². The Morgan fingerprint density at radius 3 is 2.93 bits per heavy atom. The van der Waals surface area contributed by atoms with Crippen molar-refractivity contribution in [1.29, 1.82) is 0 Å². The van der Waals surface area contributed by atoms with Gasteiger partial charge in [-0.2, -0.15) is 0 Å². The normalized spacial score (nSPS) is 14.2. The molecule has 0 saturated carbocycles. The fraction of sp³-hybridized carbons (Fsp3) is 0.308. The summed E-state index contributed by atoms with van der Waals surface area (Å²) in [6.07, 6.45) is 9.53. The van der Waals surface area contributed by atoms with Crippen LogP contribution in [0.25, 0.3) is 12.2 Å². The predicted molar refractivity (Wildman–Crippen MR) is 60.3 cm³/mol. The van der Waals surface area contributed by atoms with Crippen LogP contribution in [-0.4, -0.2) is 4.98 Å². The fourth-order valence-corrected chi connectivity index (χ4v) is 1.56. The zero-order chi connectivity index (χ0) is 9.97. The second kappa shape index (κ2) is 3.79. The van der Waals surface area contributed by atoms with Crippen molar-refractivity contribution in [2.75, 3.05) is 0 Å². The van der Waals surface area contributed by atoms with Gasteiger partial charge in [0.2, 0.25) is 0 Å². The standard InChI is InChI=1S/C13H15N/c1-10(2)12-9-8-11-6-4-3-5-7-13(11)14-12/h3-4,6-10H,5H2,1-2H3. The van der Waals surface area contributed by atoms with E-state index < -0.39 is 0 Å². The Balaban J connectivity index is 2.62. The minimum Gasteiger partial charge on any atom is -0.253 e. The lowest BCUT2D eigenvalue weighted by molar-refractivity contribution is 0.814. The maximum absolute atomic E-state index is 4.65. The molecule has 1 heteroatoms. The second-order valence-corrected chi connectivity index (χ2v) is 3.90. The lowest BCUT2D eigenvalue weighted by Crippen LogP contribution is -2.28. The van der Waals surface area contributed by atoms with Crippen LogP contribution in [0.2, 0.25) is 0 Å². The maximum Gasteiger partial charge on any atom is 0.0668 e. The molecule has 1 nitrogen and oxygen atoms in total. The summed E-state index contributed by atoms with van der Waals surface area (Å²) in [5.41, 5.74) is 1.18. The molecule has 1 heterocycles. The summed E-state index contributed by atoms with van der Waals surface area (Å²) in [7, 11) is 0. The number of aromatic nitrogens is 1. The molecule has 0 N–H and O–H groups in total. The molecule has 0 spiro atoms. The van der Waals surface area contributed by atoms with Crippen LogP contribution in [0.3, 0.4) is 0 Å². The van der Waals surface area contributed by atoms with Gasteiger partial charge in [-0.3, -0.25) is 4.98 Å². The molecule has 1 aliphatic carbocycles. The highest BCUT2D eigenvalue weighted by Crippen LogP contribution is 2.06. The van der Waals surface area contributed by atoms with Crippen molar-refractivity contribution in [1.82, 2.24) is 4.98 Å². The number of allylic oxidation sites excluding steroid dienone is 2. The largest absolute Gasteiger partial charge is 0.253 e. The smallest absolute Gasteiger partial charge is 0.0668 e. The van der Waals surface area contributed by atoms with Crippen molar-refractivity contribution < 1.29 is 0 Å². The Hall–Kier alpha value is -1.37. The first-order valence-corrected chi connectivity index (χ1v) is 5.11. The zero-order valence-corrected chi connectivity index (χ0v) is 8.70. The summed E-state index contributed by atoms with van der Waals surface area (Å²) in [6.45, 7) is 4.35. The van der Waals surface area contributed by atoms with Crippen LogP contribution in [0.15, 0.2) is 24.3 Å². The third kappa shape index (κ3) is 1.77. The summed E-state index contributed by atoms with van der Waals surface area (Å²) in [6, 6.07) is 4.27. The van der Waals surface area contributed by atoms with Crippen LogP contribution in [0.5, 0.6) is 0 Å². The highest BCUT2D eigenvalue weighted by molar-refractivity contribution is 5.42. The minimum absolute atomic E-state index is 0.505. The molecule has 0 bridgehead atoms. The lowest BCUT2D eigenvalue weighted by Gasteiger charge is -2.03. The molecule has 72 valence electrons. The Morgan fingerprint density at radius 1 is 1.29 bits per heavy atom. The minimum atomic E-state index is 0.505. The topological polar surface area (TPSA) is 12.9 Å². The zero-order valence-electron chi connectivity index (χ0n) is 8.70. The van der Waals surface area contributed by atoms with E-state index in [1.165, 1.54) is 10.9 Å². The van der Waals surface area contributed by atoms with Crippen LogP contribution < -0.4 is 10.6 Å². The summed E-state index contributed by atoms with van der Waals surface area (Å²) >= 11 is 0. The number of nitrogens with zero attached hydrogens (tertiary/aromatic N) is 1. The molecular formula is C13H15N. The highest BCUT2D eigenvalue weighted by atomic mass is 14.7. The average Bonchev–Trinajstić information content (AvgIpc) is 2.41. The van der Waals surface area contributed by atoms with E-state index in [0.717, 1.165) is 11.8 Å². The Kier molecular flexibility index (Phi) is 2.49. The van der Waals surface area contributed by atoms with E-state index in [2.05, 4.69) is 55.3 Å². The van der Waals surface area contributed by atoms with Gasteiger partial charge in [-0.15, -0.1) is 0 Å². The summed E-state index contributed by atoms with van der Waals surface area (Å²) in [5.74, 6) is 0.505. The first-order valence-electron chi connectivity index (χ1n) is 5.11. The number of fused-ring (bicyclic) bond motifs is 1. The van der Waals surface area contributed by atoms with E-state index in [0.29, 0.717) is 5.92 Å². The molecule has 0 fully saturated rings. The van der Waals surface area contributed by atoms with Gasteiger partial charge < -0.3 is 0 Å². The van der Waals surface area contributed by atoms with Crippen molar-refractivity contribution >= 4 is 12.2 Å². The third-order valence-corrected chi connectivity index (χ3v) is 2.43. The van der Waals surface area contributed by atoms with Gasteiger partial charge in [0.15, 0.2) is 0 Å². The molecule has 2 rings (SSSR count). The SMILES string of the molecule is CC(C)c1ccc2c(n1)=CCC=CC=2. The van der Waals surface area contributed by atoms with Crippen LogP contribution in [-0.2, 0) is 0 Å². The molecule has 0 aliphatic heterocycles. The van der Waals surface area contributed by atoms with Crippen molar-refractivity contribution in [3.8, 4) is 0 Å². The van der Waals surface area contributed by atoms with Gasteiger partial charge >= 0.3 is 0 Å². The number of hydrogen-bond acceptors (Lipinski definition) is 1. The molecule has 1 aliphatic rings. The molecule has 0 radical (unpaired) electrons. The number of pyridine rings is 1. The van der Waals surface area contributed by atoms with E-state index in [1.54, 1.807) is 0 Å². The van der Waals surface area contributed by atoms with Crippen LogP contribution in [0.4, 0.5) is 0 Å². The molecule has 0 atom stereocenters. The molecule has 14 heavy (non-hydrogen) atoms. The van der Waals surface area contributed by atoms with Crippen molar-refractivity contribution in [3.63, 3.8) is 0 Å². The summed E-state index contributed by atoms with van der Waals surface area (Å²) in [4.78, 5) is 4.65. The quantitative estimate of drug-likeness (QED) is 0.649. The Labute approximate surface area is 84.5 Å². The molecular weight excluding hydrogens is 170 g/mol. The summed E-state index contributed by atoms with van der Waals surface area (Å²) in [5, 5.41) is 2.35. The monoisotopic (exact) mass is 185 g/mol. The van der Waals surface area contributed by atoms with Gasteiger partial charge in [0.25, 0.3) is 0 Å². The van der Waals surface area contributed by atoms with Crippen LogP contribution >= 0.6 is 0 Å². The first-order chi connectivity index (χ1) is 6.77. The van der Waals surface area contributed by atoms with Crippen molar-refractivity contribution in [2.24, 2.45) is 0 Å². The molecule has 0 saturated heterocycles. The molecule has 1 aromatic rings. The van der Waals surface area contributed by atoms with E-state index in [9.17, 15) is 0 Å². The molecule has 1 aromatic heterocycles. The Bertz CT molecular complexity index is 466. The van der Waals surface area contributed by atoms with Gasteiger partial charge in [0.05, 0.1) is 5.35 Å². The van der Waals surface area contributed by atoms with Gasteiger partial charge in [-0.05, 0) is 23.6 Å².